The van der Waals surface area contributed by atoms with Gasteiger partial charge < -0.3 is 4.74 Å². The van der Waals surface area contributed by atoms with E-state index in [2.05, 4.69) is 34.6 Å². The first kappa shape index (κ1) is 13.4. The third kappa shape index (κ3) is 2.41. The van der Waals surface area contributed by atoms with Crippen molar-refractivity contribution in [1.82, 2.24) is 0 Å². The van der Waals surface area contributed by atoms with E-state index in [1.54, 1.807) is 0 Å². The number of rotatable bonds is 2. The van der Waals surface area contributed by atoms with Crippen LogP contribution in [0.1, 0.15) is 53.9 Å². The summed E-state index contributed by atoms with van der Waals surface area (Å²) in [5.74, 6) is 1.59. The lowest BCUT2D eigenvalue weighted by molar-refractivity contribution is -0.131. The summed E-state index contributed by atoms with van der Waals surface area (Å²) in [5.41, 5.74) is -0.476. The first-order chi connectivity index (χ1) is 7.66. The van der Waals surface area contributed by atoms with Crippen LogP contribution in [-0.2, 0) is 9.53 Å². The molecule has 98 valence electrons. The zero-order chi connectivity index (χ0) is 12.9. The summed E-state index contributed by atoms with van der Waals surface area (Å²) in [7, 11) is 0. The maximum atomic E-state index is 12.8. The Balaban J connectivity index is 2.20. The predicted octanol–water partition coefficient (Wildman–Crippen LogP) is 3.43. The van der Waals surface area contributed by atoms with Gasteiger partial charge in [-0.3, -0.25) is 4.79 Å². The summed E-state index contributed by atoms with van der Waals surface area (Å²) in [6.07, 6.45) is 3.06. The third-order valence-corrected chi connectivity index (χ3v) is 5.67. The molecule has 0 aromatic carbocycles. The number of ether oxygens (including phenoxy) is 1. The van der Waals surface area contributed by atoms with Crippen LogP contribution >= 0.6 is 11.8 Å². The Bertz CT molecular complexity index is 327. The van der Waals surface area contributed by atoms with Crippen molar-refractivity contribution in [2.45, 2.75) is 69.8 Å². The van der Waals surface area contributed by atoms with Gasteiger partial charge in [0.15, 0.2) is 5.78 Å². The molecular formula is C14H24O2S. The second-order valence-electron chi connectivity index (χ2n) is 6.77. The van der Waals surface area contributed by atoms with Crippen molar-refractivity contribution in [1.29, 1.82) is 0 Å². The lowest BCUT2D eigenvalue weighted by atomic mass is 9.78. The van der Waals surface area contributed by atoms with Crippen LogP contribution in [0.4, 0.5) is 0 Å². The van der Waals surface area contributed by atoms with Crippen LogP contribution in [-0.4, -0.2) is 27.5 Å². The summed E-state index contributed by atoms with van der Waals surface area (Å²) in [5, 5.41) is 0. The van der Waals surface area contributed by atoms with Gasteiger partial charge in [0, 0.05) is 0 Å². The monoisotopic (exact) mass is 256 g/mol. The van der Waals surface area contributed by atoms with Gasteiger partial charge >= 0.3 is 0 Å². The highest BCUT2D eigenvalue weighted by molar-refractivity contribution is 8.01. The Morgan fingerprint density at radius 2 is 1.88 bits per heavy atom. The van der Waals surface area contributed by atoms with Gasteiger partial charge in [-0.25, -0.2) is 0 Å². The van der Waals surface area contributed by atoms with Gasteiger partial charge in [-0.2, -0.15) is 0 Å². The van der Waals surface area contributed by atoms with E-state index in [1.807, 2.05) is 11.8 Å². The van der Waals surface area contributed by atoms with Gasteiger partial charge in [0.25, 0.3) is 0 Å². The number of Topliss-reactive ketones (excluding diaryl/α,β-unsaturated/α-hetero) is 1. The molecule has 0 N–H and O–H groups in total. The topological polar surface area (TPSA) is 26.3 Å². The molecular weight excluding hydrogens is 232 g/mol. The molecule has 2 heterocycles. The van der Waals surface area contributed by atoms with E-state index in [0.29, 0.717) is 5.78 Å². The molecule has 2 nitrogen and oxygen atoms in total. The van der Waals surface area contributed by atoms with E-state index in [1.165, 1.54) is 6.42 Å². The van der Waals surface area contributed by atoms with Crippen LogP contribution in [0.15, 0.2) is 0 Å². The molecule has 0 aromatic heterocycles. The molecule has 0 spiro atoms. The quantitative estimate of drug-likeness (QED) is 0.757. The number of ketones is 1. The van der Waals surface area contributed by atoms with Gasteiger partial charge in [0.2, 0.25) is 0 Å². The minimum Gasteiger partial charge on any atom is -0.369 e. The maximum absolute atomic E-state index is 12.8. The molecule has 2 aliphatic heterocycles. The molecule has 0 saturated carbocycles. The predicted molar refractivity (Wildman–Crippen MR) is 72.5 cm³/mol. The Morgan fingerprint density at radius 3 is 2.29 bits per heavy atom. The Kier molecular flexibility index (Phi) is 3.15. The van der Waals surface area contributed by atoms with Crippen LogP contribution in [0, 0.1) is 5.92 Å². The molecule has 2 fully saturated rings. The van der Waals surface area contributed by atoms with Gasteiger partial charge in [-0.15, -0.1) is 11.8 Å². The highest BCUT2D eigenvalue weighted by atomic mass is 32.2. The molecule has 2 aliphatic rings. The average molecular weight is 256 g/mol. The highest BCUT2D eigenvalue weighted by Gasteiger charge is 2.53. The van der Waals surface area contributed by atoms with Crippen molar-refractivity contribution in [2.75, 3.05) is 5.75 Å². The molecule has 2 rings (SSSR count). The molecule has 0 aliphatic carbocycles. The number of carbonyl (C=O) groups is 1. The third-order valence-electron chi connectivity index (χ3n) is 4.13. The van der Waals surface area contributed by atoms with Crippen LogP contribution in [0.2, 0.25) is 0 Å². The lowest BCUT2D eigenvalue weighted by Crippen LogP contribution is -2.42. The van der Waals surface area contributed by atoms with Gasteiger partial charge in [0.05, 0.1) is 21.9 Å². The van der Waals surface area contributed by atoms with E-state index in [9.17, 15) is 4.79 Å². The fraction of sp³-hybridized carbons (Fsp3) is 0.929. The van der Waals surface area contributed by atoms with Gasteiger partial charge in [-0.1, -0.05) is 0 Å². The smallest absolute Gasteiger partial charge is 0.154 e. The fourth-order valence-corrected chi connectivity index (χ4v) is 4.63. The van der Waals surface area contributed by atoms with Crippen molar-refractivity contribution in [3.63, 3.8) is 0 Å². The zero-order valence-corrected chi connectivity index (χ0v) is 12.4. The van der Waals surface area contributed by atoms with Crippen molar-refractivity contribution >= 4 is 17.5 Å². The molecule has 3 heteroatoms. The minimum atomic E-state index is -0.313. The van der Waals surface area contributed by atoms with E-state index in [0.717, 1.165) is 18.6 Å². The number of hydrogen-bond acceptors (Lipinski definition) is 3. The zero-order valence-electron chi connectivity index (χ0n) is 11.6. The summed E-state index contributed by atoms with van der Waals surface area (Å²) in [4.78, 5) is 12.8. The van der Waals surface area contributed by atoms with Crippen molar-refractivity contribution in [3.8, 4) is 0 Å². The lowest BCUT2D eigenvalue weighted by Gasteiger charge is -2.31. The highest BCUT2D eigenvalue weighted by Crippen LogP contribution is 2.48. The largest absolute Gasteiger partial charge is 0.369 e. The van der Waals surface area contributed by atoms with E-state index in [4.69, 9.17) is 4.74 Å². The molecule has 0 amide bonds. The fourth-order valence-electron chi connectivity index (χ4n) is 3.31. The van der Waals surface area contributed by atoms with Gasteiger partial charge in [-0.05, 0) is 59.6 Å². The number of thioether (sulfide) groups is 1. The second-order valence-corrected chi connectivity index (χ2v) is 8.37. The first-order valence-corrected chi connectivity index (χ1v) is 7.53. The SMILES string of the molecule is CC1(C)CC(C(=O)C2(C)CCCS2)C(C)(C)O1. The van der Waals surface area contributed by atoms with Crippen molar-refractivity contribution in [2.24, 2.45) is 5.92 Å². The molecule has 0 radical (unpaired) electrons. The summed E-state index contributed by atoms with van der Waals surface area (Å²) in [6.45, 7) is 10.4. The van der Waals surface area contributed by atoms with E-state index < -0.39 is 0 Å². The van der Waals surface area contributed by atoms with Crippen LogP contribution in [0.3, 0.4) is 0 Å². The van der Waals surface area contributed by atoms with E-state index in [-0.39, 0.29) is 21.9 Å². The number of carbonyl (C=O) groups excluding carboxylic acids is 1. The minimum absolute atomic E-state index is 0.0492. The summed E-state index contributed by atoms with van der Waals surface area (Å²) >= 11 is 1.84. The van der Waals surface area contributed by atoms with Crippen LogP contribution in [0.5, 0.6) is 0 Å². The molecule has 17 heavy (non-hydrogen) atoms. The standard InChI is InChI=1S/C14H24O2S/c1-12(2)9-10(13(3,4)16-12)11(15)14(5)7-6-8-17-14/h10H,6-9H2,1-5H3. The average Bonchev–Trinajstić information content (AvgIpc) is 2.67. The normalized spacial score (nSPS) is 39.5. The summed E-state index contributed by atoms with van der Waals surface area (Å²) < 4.78 is 5.88. The molecule has 0 aromatic rings. The summed E-state index contributed by atoms with van der Waals surface area (Å²) in [6, 6.07) is 0. The van der Waals surface area contributed by atoms with Crippen molar-refractivity contribution < 1.29 is 9.53 Å². The maximum Gasteiger partial charge on any atom is 0.154 e. The van der Waals surface area contributed by atoms with E-state index >= 15 is 0 Å². The van der Waals surface area contributed by atoms with Crippen molar-refractivity contribution in [3.05, 3.63) is 0 Å². The molecule has 0 bridgehead atoms. The number of hydrogen-bond donors (Lipinski definition) is 0. The molecule has 2 unspecified atom stereocenters. The molecule has 2 saturated heterocycles. The Hall–Kier alpha value is -0.0200. The second kappa shape index (κ2) is 3.99. The molecule has 2 atom stereocenters. The first-order valence-electron chi connectivity index (χ1n) is 6.55. The van der Waals surface area contributed by atoms with Crippen LogP contribution in [0.25, 0.3) is 0 Å². The Morgan fingerprint density at radius 1 is 1.24 bits per heavy atom. The Labute approximate surface area is 109 Å². The van der Waals surface area contributed by atoms with Gasteiger partial charge in [0.1, 0.15) is 0 Å². The van der Waals surface area contributed by atoms with Crippen LogP contribution < -0.4 is 0 Å².